The second kappa shape index (κ2) is 7.83. The molecule has 4 nitrogen and oxygen atoms in total. The van der Waals surface area contributed by atoms with E-state index in [0.717, 1.165) is 35.1 Å². The average Bonchev–Trinajstić information content (AvgIpc) is 2.67. The molecule has 0 aliphatic carbocycles. The van der Waals surface area contributed by atoms with Crippen molar-refractivity contribution in [2.75, 3.05) is 7.11 Å². The minimum atomic E-state index is -0.373. The number of benzene rings is 2. The molecule has 0 saturated carbocycles. The van der Waals surface area contributed by atoms with Gasteiger partial charge in [-0.3, -0.25) is 4.79 Å². The van der Waals surface area contributed by atoms with Gasteiger partial charge in [0.1, 0.15) is 11.3 Å². The van der Waals surface area contributed by atoms with Crippen molar-refractivity contribution >= 4 is 16.8 Å². The molecule has 0 fully saturated rings. The number of methoxy groups -OCH3 is 1. The Bertz CT molecular complexity index is 997. The SMILES string of the molecule is C=CC(=O)CCCc1ccc2cc(-c3ccc(OC)cc3)c(=O)oc2c1. The number of allylic oxidation sites excluding steroid dienone is 1. The third-order valence-electron chi connectivity index (χ3n) is 4.32. The van der Waals surface area contributed by atoms with Gasteiger partial charge in [-0.2, -0.15) is 0 Å². The molecular weight excluding hydrogens is 328 g/mol. The lowest BCUT2D eigenvalue weighted by Gasteiger charge is -2.06. The van der Waals surface area contributed by atoms with Crippen LogP contribution in [0, 0.1) is 0 Å². The van der Waals surface area contributed by atoms with Gasteiger partial charge < -0.3 is 9.15 Å². The number of carbonyl (C=O) groups excluding carboxylic acids is 1. The summed E-state index contributed by atoms with van der Waals surface area (Å²) in [6.45, 7) is 3.47. The minimum Gasteiger partial charge on any atom is -0.497 e. The number of carbonyl (C=O) groups is 1. The molecule has 0 N–H and O–H groups in total. The van der Waals surface area contributed by atoms with Crippen molar-refractivity contribution in [2.24, 2.45) is 0 Å². The maximum Gasteiger partial charge on any atom is 0.344 e. The highest BCUT2D eigenvalue weighted by atomic mass is 16.5. The van der Waals surface area contributed by atoms with E-state index in [1.165, 1.54) is 6.08 Å². The zero-order chi connectivity index (χ0) is 18.5. The Morgan fingerprint density at radius 3 is 2.62 bits per heavy atom. The minimum absolute atomic E-state index is 0.0430. The van der Waals surface area contributed by atoms with Crippen LogP contribution in [0.3, 0.4) is 0 Å². The van der Waals surface area contributed by atoms with Gasteiger partial charge in [-0.05, 0) is 54.3 Å². The molecule has 3 aromatic rings. The van der Waals surface area contributed by atoms with Gasteiger partial charge >= 0.3 is 5.63 Å². The van der Waals surface area contributed by atoms with Crippen molar-refractivity contribution in [3.05, 3.63) is 77.2 Å². The fraction of sp³-hybridized carbons (Fsp3) is 0.182. The summed E-state index contributed by atoms with van der Waals surface area (Å²) < 4.78 is 10.7. The van der Waals surface area contributed by atoms with E-state index < -0.39 is 0 Å². The van der Waals surface area contributed by atoms with Gasteiger partial charge in [-0.15, -0.1) is 0 Å². The molecule has 0 spiro atoms. The smallest absolute Gasteiger partial charge is 0.344 e. The zero-order valence-corrected chi connectivity index (χ0v) is 14.7. The molecule has 0 atom stereocenters. The first-order valence-electron chi connectivity index (χ1n) is 8.47. The van der Waals surface area contributed by atoms with E-state index in [4.69, 9.17) is 9.15 Å². The van der Waals surface area contributed by atoms with Crippen molar-refractivity contribution in [3.63, 3.8) is 0 Å². The molecular formula is C22H20O4. The molecule has 1 aromatic heterocycles. The monoisotopic (exact) mass is 348 g/mol. The van der Waals surface area contributed by atoms with Crippen molar-refractivity contribution in [1.29, 1.82) is 0 Å². The molecule has 2 aromatic carbocycles. The van der Waals surface area contributed by atoms with Crippen LogP contribution in [0.5, 0.6) is 5.75 Å². The Kier molecular flexibility index (Phi) is 5.32. The summed E-state index contributed by atoms with van der Waals surface area (Å²) in [4.78, 5) is 23.7. The van der Waals surface area contributed by atoms with E-state index >= 15 is 0 Å². The Hall–Kier alpha value is -3.14. The molecule has 4 heteroatoms. The highest BCUT2D eigenvalue weighted by Crippen LogP contribution is 2.24. The molecule has 0 amide bonds. The summed E-state index contributed by atoms with van der Waals surface area (Å²) in [7, 11) is 1.60. The van der Waals surface area contributed by atoms with Crippen molar-refractivity contribution in [1.82, 2.24) is 0 Å². The van der Waals surface area contributed by atoms with Crippen LogP contribution < -0.4 is 10.4 Å². The Balaban J connectivity index is 1.86. The number of rotatable bonds is 7. The number of ketones is 1. The second-order valence-corrected chi connectivity index (χ2v) is 6.07. The number of fused-ring (bicyclic) bond motifs is 1. The van der Waals surface area contributed by atoms with Crippen LogP contribution >= 0.6 is 0 Å². The van der Waals surface area contributed by atoms with E-state index in [-0.39, 0.29) is 11.4 Å². The lowest BCUT2D eigenvalue weighted by Crippen LogP contribution is -2.03. The highest BCUT2D eigenvalue weighted by molar-refractivity contribution is 5.89. The van der Waals surface area contributed by atoms with Gasteiger partial charge in [0, 0.05) is 11.8 Å². The van der Waals surface area contributed by atoms with E-state index in [2.05, 4.69) is 6.58 Å². The van der Waals surface area contributed by atoms with Gasteiger partial charge in [0.15, 0.2) is 5.78 Å². The predicted octanol–water partition coefficient (Wildman–Crippen LogP) is 4.55. The maximum absolute atomic E-state index is 12.4. The summed E-state index contributed by atoms with van der Waals surface area (Å²) in [6, 6.07) is 14.9. The van der Waals surface area contributed by atoms with Crippen LogP contribution in [-0.2, 0) is 11.2 Å². The van der Waals surface area contributed by atoms with Crippen LogP contribution in [0.2, 0.25) is 0 Å². The summed E-state index contributed by atoms with van der Waals surface area (Å²) in [5.41, 5.74) is 2.52. The quantitative estimate of drug-likeness (QED) is 0.464. The third-order valence-corrected chi connectivity index (χ3v) is 4.32. The fourth-order valence-corrected chi connectivity index (χ4v) is 2.85. The second-order valence-electron chi connectivity index (χ2n) is 6.07. The van der Waals surface area contributed by atoms with Crippen LogP contribution in [0.4, 0.5) is 0 Å². The first-order chi connectivity index (χ1) is 12.6. The van der Waals surface area contributed by atoms with E-state index in [1.807, 2.05) is 48.5 Å². The van der Waals surface area contributed by atoms with Crippen molar-refractivity contribution < 1.29 is 13.9 Å². The van der Waals surface area contributed by atoms with E-state index in [1.54, 1.807) is 7.11 Å². The summed E-state index contributed by atoms with van der Waals surface area (Å²) in [5, 5.41) is 0.862. The summed E-state index contributed by atoms with van der Waals surface area (Å²) in [5.74, 6) is 0.778. The molecule has 0 aliphatic rings. The number of hydrogen-bond donors (Lipinski definition) is 0. The van der Waals surface area contributed by atoms with Crippen LogP contribution in [0.1, 0.15) is 18.4 Å². The van der Waals surface area contributed by atoms with E-state index in [0.29, 0.717) is 17.6 Å². The van der Waals surface area contributed by atoms with Gasteiger partial charge in [0.05, 0.1) is 12.7 Å². The first-order valence-corrected chi connectivity index (χ1v) is 8.47. The first kappa shape index (κ1) is 17.7. The molecule has 0 aliphatic heterocycles. The standard InChI is InChI=1S/C22H20O4/c1-3-18(23)6-4-5-15-7-8-17-14-20(22(24)26-21(17)13-15)16-9-11-19(25-2)12-10-16/h3,7-14H,1,4-6H2,2H3. The van der Waals surface area contributed by atoms with Gasteiger partial charge in [0.2, 0.25) is 0 Å². The summed E-state index contributed by atoms with van der Waals surface area (Å²) >= 11 is 0. The summed E-state index contributed by atoms with van der Waals surface area (Å²) in [6.07, 6.45) is 3.31. The molecule has 0 unspecified atom stereocenters. The lowest BCUT2D eigenvalue weighted by atomic mass is 10.0. The largest absolute Gasteiger partial charge is 0.497 e. The molecule has 26 heavy (non-hydrogen) atoms. The van der Waals surface area contributed by atoms with Crippen LogP contribution in [-0.4, -0.2) is 12.9 Å². The molecule has 0 saturated heterocycles. The van der Waals surface area contributed by atoms with E-state index in [9.17, 15) is 9.59 Å². The van der Waals surface area contributed by atoms with Crippen LogP contribution in [0.25, 0.3) is 22.1 Å². The molecule has 132 valence electrons. The third kappa shape index (κ3) is 3.91. The van der Waals surface area contributed by atoms with Gasteiger partial charge in [-0.1, -0.05) is 30.8 Å². The lowest BCUT2D eigenvalue weighted by molar-refractivity contribution is -0.114. The molecule has 0 bridgehead atoms. The van der Waals surface area contributed by atoms with Crippen LogP contribution in [0.15, 0.2) is 70.4 Å². The predicted molar refractivity (Wildman–Crippen MR) is 103 cm³/mol. The normalized spacial score (nSPS) is 10.7. The zero-order valence-electron chi connectivity index (χ0n) is 14.7. The highest BCUT2D eigenvalue weighted by Gasteiger charge is 2.09. The fourth-order valence-electron chi connectivity index (χ4n) is 2.85. The van der Waals surface area contributed by atoms with Crippen molar-refractivity contribution in [3.8, 4) is 16.9 Å². The van der Waals surface area contributed by atoms with Crippen molar-refractivity contribution in [2.45, 2.75) is 19.3 Å². The Labute approximate surface area is 151 Å². The number of ether oxygens (including phenoxy) is 1. The average molecular weight is 348 g/mol. The molecule has 1 heterocycles. The van der Waals surface area contributed by atoms with Gasteiger partial charge in [-0.25, -0.2) is 4.79 Å². The maximum atomic E-state index is 12.4. The Morgan fingerprint density at radius 2 is 1.92 bits per heavy atom. The molecule has 3 rings (SSSR count). The number of aryl methyl sites for hydroxylation is 1. The molecule has 0 radical (unpaired) electrons. The topological polar surface area (TPSA) is 56.5 Å². The number of hydrogen-bond acceptors (Lipinski definition) is 4. The van der Waals surface area contributed by atoms with Gasteiger partial charge in [0.25, 0.3) is 0 Å². The Morgan fingerprint density at radius 1 is 1.15 bits per heavy atom.